The van der Waals surface area contributed by atoms with Crippen molar-refractivity contribution in [3.8, 4) is 0 Å². The Morgan fingerprint density at radius 2 is 1.35 bits per heavy atom. The molecule has 0 aromatic heterocycles. The predicted molar refractivity (Wildman–Crippen MR) is 85.6 cm³/mol. The lowest BCUT2D eigenvalue weighted by molar-refractivity contribution is -0.131. The molecule has 23 heavy (non-hydrogen) atoms. The van der Waals surface area contributed by atoms with Crippen LogP contribution in [0.4, 0.5) is 8.78 Å². The lowest BCUT2D eigenvalue weighted by Crippen LogP contribution is -2.36. The molecule has 2 rings (SSSR count). The summed E-state index contributed by atoms with van der Waals surface area (Å²) in [6, 6.07) is 12.9. The number of amides is 1. The van der Waals surface area contributed by atoms with Crippen molar-refractivity contribution in [2.45, 2.75) is 13.1 Å². The van der Waals surface area contributed by atoms with Crippen LogP contribution < -0.4 is 0 Å². The summed E-state index contributed by atoms with van der Waals surface area (Å²) in [5.74, 6) is -0.759. The SMILES string of the molecule is CN(CC(=O)N(C)Cc1ccccc1F)Cc1ccccc1F. The topological polar surface area (TPSA) is 23.6 Å². The molecule has 3 nitrogen and oxygen atoms in total. The van der Waals surface area contributed by atoms with Gasteiger partial charge in [0.1, 0.15) is 11.6 Å². The van der Waals surface area contributed by atoms with Crippen molar-refractivity contribution in [3.05, 3.63) is 71.3 Å². The summed E-state index contributed by atoms with van der Waals surface area (Å²) in [6.07, 6.45) is 0. The zero-order valence-electron chi connectivity index (χ0n) is 13.3. The predicted octanol–water partition coefficient (Wildman–Crippen LogP) is 3.06. The van der Waals surface area contributed by atoms with E-state index in [9.17, 15) is 13.6 Å². The summed E-state index contributed by atoms with van der Waals surface area (Å²) < 4.78 is 27.2. The first kappa shape index (κ1) is 17.1. The van der Waals surface area contributed by atoms with Crippen LogP contribution in [0.1, 0.15) is 11.1 Å². The van der Waals surface area contributed by atoms with Gasteiger partial charge in [-0.25, -0.2) is 8.78 Å². The molecule has 1 amide bonds. The summed E-state index contributed by atoms with van der Waals surface area (Å²) in [5.41, 5.74) is 1.01. The molecular formula is C18H20F2N2O. The average Bonchev–Trinajstić information content (AvgIpc) is 2.51. The Kier molecular flexibility index (Phi) is 5.82. The highest BCUT2D eigenvalue weighted by Crippen LogP contribution is 2.11. The third-order valence-electron chi connectivity index (χ3n) is 3.59. The second-order valence-corrected chi connectivity index (χ2v) is 5.60. The molecule has 5 heteroatoms. The van der Waals surface area contributed by atoms with Crippen LogP contribution in [0.25, 0.3) is 0 Å². The standard InChI is InChI=1S/C18H20F2N2O/c1-21(11-14-7-3-5-9-16(14)19)13-18(23)22(2)12-15-8-4-6-10-17(15)20/h3-10H,11-13H2,1-2H3. The highest BCUT2D eigenvalue weighted by Gasteiger charge is 2.14. The van der Waals surface area contributed by atoms with Gasteiger partial charge in [-0.05, 0) is 19.2 Å². The lowest BCUT2D eigenvalue weighted by atomic mass is 10.2. The summed E-state index contributed by atoms with van der Waals surface area (Å²) >= 11 is 0. The fourth-order valence-electron chi connectivity index (χ4n) is 2.30. The molecule has 0 heterocycles. The van der Waals surface area contributed by atoms with Gasteiger partial charge in [0.2, 0.25) is 5.91 Å². The number of halogens is 2. The van der Waals surface area contributed by atoms with E-state index in [1.807, 2.05) is 0 Å². The Morgan fingerprint density at radius 3 is 1.87 bits per heavy atom. The first-order valence-corrected chi connectivity index (χ1v) is 7.36. The molecule has 0 spiro atoms. The van der Waals surface area contributed by atoms with E-state index >= 15 is 0 Å². The minimum atomic E-state index is -0.327. The fourth-order valence-corrected chi connectivity index (χ4v) is 2.30. The van der Waals surface area contributed by atoms with Crippen molar-refractivity contribution in [3.63, 3.8) is 0 Å². The van der Waals surface area contributed by atoms with Crippen molar-refractivity contribution in [2.75, 3.05) is 20.6 Å². The van der Waals surface area contributed by atoms with E-state index < -0.39 is 0 Å². The van der Waals surface area contributed by atoms with Gasteiger partial charge in [-0.2, -0.15) is 0 Å². The van der Waals surface area contributed by atoms with Gasteiger partial charge in [-0.15, -0.1) is 0 Å². The van der Waals surface area contributed by atoms with Crippen molar-refractivity contribution in [2.24, 2.45) is 0 Å². The summed E-state index contributed by atoms with van der Waals surface area (Å²) in [7, 11) is 3.38. The molecule has 122 valence electrons. The maximum atomic E-state index is 13.6. The van der Waals surface area contributed by atoms with Gasteiger partial charge in [-0.1, -0.05) is 36.4 Å². The smallest absolute Gasteiger partial charge is 0.236 e. The highest BCUT2D eigenvalue weighted by atomic mass is 19.1. The average molecular weight is 318 g/mol. The van der Waals surface area contributed by atoms with Crippen LogP contribution in [-0.4, -0.2) is 36.3 Å². The van der Waals surface area contributed by atoms with E-state index in [0.717, 1.165) is 0 Å². The minimum Gasteiger partial charge on any atom is -0.340 e. The van der Waals surface area contributed by atoms with Crippen LogP contribution in [-0.2, 0) is 17.9 Å². The second kappa shape index (κ2) is 7.83. The number of hydrogen-bond donors (Lipinski definition) is 0. The first-order valence-electron chi connectivity index (χ1n) is 7.36. The summed E-state index contributed by atoms with van der Waals surface area (Å²) in [5, 5.41) is 0. The molecule has 0 aliphatic heterocycles. The molecule has 2 aromatic rings. The van der Waals surface area contributed by atoms with Gasteiger partial charge in [0.15, 0.2) is 0 Å². The van der Waals surface area contributed by atoms with E-state index in [1.165, 1.54) is 17.0 Å². The molecule has 0 bridgehead atoms. The Balaban J connectivity index is 1.90. The fraction of sp³-hybridized carbons (Fsp3) is 0.278. The maximum Gasteiger partial charge on any atom is 0.236 e. The van der Waals surface area contributed by atoms with Crippen LogP contribution in [0.15, 0.2) is 48.5 Å². The number of nitrogens with zero attached hydrogens (tertiary/aromatic N) is 2. The number of benzene rings is 2. The van der Waals surface area contributed by atoms with Crippen LogP contribution >= 0.6 is 0 Å². The Morgan fingerprint density at radius 1 is 0.870 bits per heavy atom. The van der Waals surface area contributed by atoms with E-state index in [4.69, 9.17) is 0 Å². The van der Waals surface area contributed by atoms with Crippen LogP contribution in [0.2, 0.25) is 0 Å². The number of likely N-dealkylation sites (N-methyl/N-ethyl adjacent to an activating group) is 2. The van der Waals surface area contributed by atoms with E-state index in [0.29, 0.717) is 17.7 Å². The Bertz CT molecular complexity index is 676. The molecule has 0 N–H and O–H groups in total. The Labute approximate surface area is 135 Å². The van der Waals surface area contributed by atoms with Gasteiger partial charge in [-0.3, -0.25) is 9.69 Å². The van der Waals surface area contributed by atoms with Gasteiger partial charge in [0.25, 0.3) is 0 Å². The van der Waals surface area contributed by atoms with Gasteiger partial charge in [0, 0.05) is 31.3 Å². The maximum absolute atomic E-state index is 13.6. The van der Waals surface area contributed by atoms with Gasteiger partial charge in [0.05, 0.1) is 6.54 Å². The van der Waals surface area contributed by atoms with Gasteiger partial charge >= 0.3 is 0 Å². The normalized spacial score (nSPS) is 10.8. The quantitative estimate of drug-likeness (QED) is 0.817. The molecule has 0 aliphatic carbocycles. The number of carbonyl (C=O) groups is 1. The number of hydrogen-bond acceptors (Lipinski definition) is 2. The monoisotopic (exact) mass is 318 g/mol. The zero-order chi connectivity index (χ0) is 16.8. The lowest BCUT2D eigenvalue weighted by Gasteiger charge is -2.22. The van der Waals surface area contributed by atoms with E-state index in [-0.39, 0.29) is 30.6 Å². The molecule has 0 aliphatic rings. The van der Waals surface area contributed by atoms with Crippen molar-refractivity contribution < 1.29 is 13.6 Å². The Hall–Kier alpha value is -2.27. The molecule has 0 fully saturated rings. The molecule has 0 saturated heterocycles. The molecule has 0 atom stereocenters. The van der Waals surface area contributed by atoms with Crippen LogP contribution in [0, 0.1) is 11.6 Å². The molecule has 0 radical (unpaired) electrons. The zero-order valence-corrected chi connectivity index (χ0v) is 13.3. The first-order chi connectivity index (χ1) is 11.0. The summed E-state index contributed by atoms with van der Waals surface area (Å²) in [4.78, 5) is 15.4. The molecule has 2 aromatic carbocycles. The third-order valence-corrected chi connectivity index (χ3v) is 3.59. The van der Waals surface area contributed by atoms with Crippen LogP contribution in [0.3, 0.4) is 0 Å². The number of rotatable bonds is 6. The van der Waals surface area contributed by atoms with Crippen molar-refractivity contribution >= 4 is 5.91 Å². The second-order valence-electron chi connectivity index (χ2n) is 5.60. The third kappa shape index (κ3) is 4.86. The van der Waals surface area contributed by atoms with Crippen LogP contribution in [0.5, 0.6) is 0 Å². The molecular weight excluding hydrogens is 298 g/mol. The van der Waals surface area contributed by atoms with E-state index in [2.05, 4.69) is 0 Å². The van der Waals surface area contributed by atoms with E-state index in [1.54, 1.807) is 55.4 Å². The minimum absolute atomic E-state index is 0.138. The summed E-state index contributed by atoms with van der Waals surface area (Å²) in [6.45, 7) is 0.685. The van der Waals surface area contributed by atoms with Crippen molar-refractivity contribution in [1.82, 2.24) is 9.80 Å². The largest absolute Gasteiger partial charge is 0.340 e. The molecule has 0 unspecified atom stereocenters. The highest BCUT2D eigenvalue weighted by molar-refractivity contribution is 5.77. The van der Waals surface area contributed by atoms with Gasteiger partial charge < -0.3 is 4.90 Å². The van der Waals surface area contributed by atoms with Crippen molar-refractivity contribution in [1.29, 1.82) is 0 Å². The number of carbonyl (C=O) groups excluding carboxylic acids is 1. The molecule has 0 saturated carbocycles.